The average molecular weight is 241 g/mol. The standard InChI is InChI=1S/C11H19N3OS/c1-2-9-8-16-11(13-9)12-7-10(15)14-5-3-4-6-14/h9H,2-8H2,1H3,(H,12,13). The highest BCUT2D eigenvalue weighted by molar-refractivity contribution is 8.14. The summed E-state index contributed by atoms with van der Waals surface area (Å²) < 4.78 is 0. The van der Waals surface area contributed by atoms with Gasteiger partial charge in [0.25, 0.3) is 0 Å². The van der Waals surface area contributed by atoms with Crippen molar-refractivity contribution in [2.75, 3.05) is 25.4 Å². The molecule has 2 aliphatic rings. The third kappa shape index (κ3) is 2.90. The number of carbonyl (C=O) groups is 1. The molecular formula is C11H19N3OS. The van der Waals surface area contributed by atoms with Gasteiger partial charge in [-0.25, -0.2) is 0 Å². The maximum atomic E-state index is 11.7. The second-order valence-corrected chi connectivity index (χ2v) is 5.28. The van der Waals surface area contributed by atoms with E-state index in [2.05, 4.69) is 17.2 Å². The maximum absolute atomic E-state index is 11.7. The lowest BCUT2D eigenvalue weighted by atomic mass is 10.3. The molecule has 4 nitrogen and oxygen atoms in total. The number of rotatable bonds is 3. The lowest BCUT2D eigenvalue weighted by Gasteiger charge is -2.13. The van der Waals surface area contributed by atoms with Crippen LogP contribution in [0.5, 0.6) is 0 Å². The summed E-state index contributed by atoms with van der Waals surface area (Å²) in [5.41, 5.74) is 0. The summed E-state index contributed by atoms with van der Waals surface area (Å²) in [5.74, 6) is 1.25. The first-order valence-electron chi connectivity index (χ1n) is 6.01. The van der Waals surface area contributed by atoms with Crippen LogP contribution in [0.3, 0.4) is 0 Å². The van der Waals surface area contributed by atoms with Crippen molar-refractivity contribution >= 4 is 22.8 Å². The summed E-state index contributed by atoms with van der Waals surface area (Å²) in [6.07, 6.45) is 3.41. The molecule has 0 aliphatic carbocycles. The summed E-state index contributed by atoms with van der Waals surface area (Å²) in [4.78, 5) is 18.0. The van der Waals surface area contributed by atoms with E-state index < -0.39 is 0 Å². The largest absolute Gasteiger partial charge is 0.361 e. The normalized spacial score (nSPS) is 27.4. The number of hydrogen-bond donors (Lipinski definition) is 1. The van der Waals surface area contributed by atoms with E-state index in [0.717, 1.165) is 43.3 Å². The number of nitrogens with zero attached hydrogens (tertiary/aromatic N) is 2. The molecule has 0 aromatic carbocycles. The summed E-state index contributed by atoms with van der Waals surface area (Å²) in [6.45, 7) is 4.31. The fraction of sp³-hybridized carbons (Fsp3) is 0.818. The number of amides is 1. The summed E-state index contributed by atoms with van der Waals surface area (Å²) in [5, 5.41) is 4.27. The van der Waals surface area contributed by atoms with Crippen molar-refractivity contribution in [1.82, 2.24) is 10.2 Å². The fourth-order valence-corrected chi connectivity index (χ4v) is 3.04. The number of carbonyl (C=O) groups excluding carboxylic acids is 1. The van der Waals surface area contributed by atoms with Gasteiger partial charge in [-0.15, -0.1) is 0 Å². The number of likely N-dealkylation sites (tertiary alicyclic amines) is 1. The zero-order valence-corrected chi connectivity index (χ0v) is 10.6. The molecule has 0 saturated carbocycles. The topological polar surface area (TPSA) is 44.7 Å². The molecular weight excluding hydrogens is 222 g/mol. The molecule has 0 aromatic heterocycles. The number of nitrogens with one attached hydrogen (secondary N) is 1. The van der Waals surface area contributed by atoms with Gasteiger partial charge < -0.3 is 10.2 Å². The van der Waals surface area contributed by atoms with Gasteiger partial charge in [-0.1, -0.05) is 18.7 Å². The molecule has 0 spiro atoms. The summed E-state index contributed by atoms with van der Waals surface area (Å²) >= 11 is 1.73. The van der Waals surface area contributed by atoms with E-state index in [4.69, 9.17) is 0 Å². The van der Waals surface area contributed by atoms with Crippen molar-refractivity contribution in [3.8, 4) is 0 Å². The Labute approximate surface area is 101 Å². The third-order valence-corrected chi connectivity index (χ3v) is 4.15. The van der Waals surface area contributed by atoms with Crippen molar-refractivity contribution in [3.05, 3.63) is 0 Å². The minimum absolute atomic E-state index is 0.173. The van der Waals surface area contributed by atoms with Crippen LogP contribution in [0.25, 0.3) is 0 Å². The molecule has 16 heavy (non-hydrogen) atoms. The molecule has 1 N–H and O–H groups in total. The van der Waals surface area contributed by atoms with Crippen LogP contribution in [0.2, 0.25) is 0 Å². The van der Waals surface area contributed by atoms with Crippen molar-refractivity contribution in [2.45, 2.75) is 32.2 Å². The van der Waals surface area contributed by atoms with Crippen LogP contribution in [0.4, 0.5) is 0 Å². The minimum Gasteiger partial charge on any atom is -0.361 e. The van der Waals surface area contributed by atoms with Gasteiger partial charge in [0.2, 0.25) is 5.91 Å². The Balaban J connectivity index is 1.77. The van der Waals surface area contributed by atoms with Gasteiger partial charge >= 0.3 is 0 Å². The van der Waals surface area contributed by atoms with Crippen LogP contribution in [-0.2, 0) is 4.79 Å². The molecule has 1 amide bonds. The molecule has 90 valence electrons. The number of aliphatic imine (C=N–C) groups is 1. The van der Waals surface area contributed by atoms with E-state index in [1.54, 1.807) is 11.8 Å². The molecule has 2 heterocycles. The molecule has 0 bridgehead atoms. The predicted molar refractivity (Wildman–Crippen MR) is 67.8 cm³/mol. The average Bonchev–Trinajstić information content (AvgIpc) is 2.96. The van der Waals surface area contributed by atoms with Crippen LogP contribution in [0, 0.1) is 0 Å². The Morgan fingerprint density at radius 1 is 1.56 bits per heavy atom. The summed E-state index contributed by atoms with van der Waals surface area (Å²) in [6, 6.07) is 0.533. The van der Waals surface area contributed by atoms with Crippen molar-refractivity contribution in [2.24, 2.45) is 4.99 Å². The molecule has 1 atom stereocenters. The van der Waals surface area contributed by atoms with Crippen LogP contribution >= 0.6 is 11.8 Å². The SMILES string of the molecule is CCC1CSC(=NCC(=O)N2CCCC2)N1. The van der Waals surface area contributed by atoms with Gasteiger partial charge in [0.1, 0.15) is 6.54 Å². The van der Waals surface area contributed by atoms with E-state index >= 15 is 0 Å². The highest BCUT2D eigenvalue weighted by atomic mass is 32.2. The van der Waals surface area contributed by atoms with Crippen molar-refractivity contribution in [3.63, 3.8) is 0 Å². The maximum Gasteiger partial charge on any atom is 0.244 e. The molecule has 2 rings (SSSR count). The lowest BCUT2D eigenvalue weighted by Crippen LogP contribution is -2.31. The second kappa shape index (κ2) is 5.57. The Kier molecular flexibility index (Phi) is 4.09. The van der Waals surface area contributed by atoms with Crippen LogP contribution in [-0.4, -0.2) is 47.4 Å². The first-order valence-corrected chi connectivity index (χ1v) is 6.99. The number of hydrogen-bond acceptors (Lipinski definition) is 3. The zero-order valence-electron chi connectivity index (χ0n) is 9.74. The van der Waals surface area contributed by atoms with Gasteiger partial charge in [0.05, 0.1) is 0 Å². The Morgan fingerprint density at radius 3 is 2.94 bits per heavy atom. The smallest absolute Gasteiger partial charge is 0.244 e. The van der Waals surface area contributed by atoms with Crippen molar-refractivity contribution < 1.29 is 4.79 Å². The van der Waals surface area contributed by atoms with Crippen molar-refractivity contribution in [1.29, 1.82) is 0 Å². The quantitative estimate of drug-likeness (QED) is 0.804. The molecule has 2 aliphatic heterocycles. The van der Waals surface area contributed by atoms with Crippen LogP contribution < -0.4 is 5.32 Å². The Bertz CT molecular complexity index is 287. The van der Waals surface area contributed by atoms with Gasteiger partial charge in [-0.05, 0) is 19.3 Å². The highest BCUT2D eigenvalue weighted by Gasteiger charge is 2.20. The van der Waals surface area contributed by atoms with Gasteiger partial charge in [0.15, 0.2) is 5.17 Å². The first-order chi connectivity index (χ1) is 7.79. The van der Waals surface area contributed by atoms with Gasteiger partial charge in [-0.2, -0.15) is 0 Å². The molecule has 2 fully saturated rings. The lowest BCUT2D eigenvalue weighted by molar-refractivity contribution is -0.128. The van der Waals surface area contributed by atoms with E-state index in [1.807, 2.05) is 4.90 Å². The molecule has 5 heteroatoms. The highest BCUT2D eigenvalue weighted by Crippen LogP contribution is 2.15. The molecule has 1 unspecified atom stereocenters. The second-order valence-electron chi connectivity index (χ2n) is 4.27. The van der Waals surface area contributed by atoms with Crippen LogP contribution in [0.15, 0.2) is 4.99 Å². The number of thioether (sulfide) groups is 1. The zero-order chi connectivity index (χ0) is 11.4. The van der Waals surface area contributed by atoms with Gasteiger partial charge in [0, 0.05) is 24.9 Å². The fourth-order valence-electron chi connectivity index (χ4n) is 1.95. The first kappa shape index (κ1) is 11.8. The minimum atomic E-state index is 0.173. The van der Waals surface area contributed by atoms with E-state index in [9.17, 15) is 4.79 Å². The summed E-state index contributed by atoms with van der Waals surface area (Å²) in [7, 11) is 0. The molecule has 0 radical (unpaired) electrons. The Morgan fingerprint density at radius 2 is 2.31 bits per heavy atom. The predicted octanol–water partition coefficient (Wildman–Crippen LogP) is 1.08. The molecule has 2 saturated heterocycles. The van der Waals surface area contributed by atoms with E-state index in [0.29, 0.717) is 12.6 Å². The van der Waals surface area contributed by atoms with E-state index in [1.165, 1.54) is 0 Å². The van der Waals surface area contributed by atoms with Crippen LogP contribution in [0.1, 0.15) is 26.2 Å². The molecule has 0 aromatic rings. The third-order valence-electron chi connectivity index (χ3n) is 3.06. The van der Waals surface area contributed by atoms with Gasteiger partial charge in [-0.3, -0.25) is 9.79 Å². The Hall–Kier alpha value is -0.710. The monoisotopic (exact) mass is 241 g/mol. The van der Waals surface area contributed by atoms with E-state index in [-0.39, 0.29) is 5.91 Å². The number of amidine groups is 1.